The summed E-state index contributed by atoms with van der Waals surface area (Å²) in [7, 11) is 1.64. The maximum absolute atomic E-state index is 13.3. The van der Waals surface area contributed by atoms with Gasteiger partial charge in [0.05, 0.1) is 19.4 Å². The number of methoxy groups -OCH3 is 1. The molecule has 3 aromatic carbocycles. The number of nitrogens with one attached hydrogen (secondary N) is 1. The van der Waals surface area contributed by atoms with Crippen molar-refractivity contribution in [3.8, 4) is 5.75 Å². The van der Waals surface area contributed by atoms with E-state index in [-0.39, 0.29) is 12.1 Å². The average Bonchev–Trinajstić information content (AvgIpc) is 3.29. The third-order valence-corrected chi connectivity index (χ3v) is 5.70. The molecular formula is C27H29N3O3. The number of urea groups is 1. The molecular weight excluding hydrogens is 414 g/mol. The van der Waals surface area contributed by atoms with Crippen LogP contribution in [-0.4, -0.2) is 36.4 Å². The maximum Gasteiger partial charge on any atom is 0.322 e. The molecule has 0 bridgehead atoms. The molecule has 0 saturated carbocycles. The Balaban J connectivity index is 1.49. The molecule has 0 radical (unpaired) electrons. The van der Waals surface area contributed by atoms with E-state index in [1.165, 1.54) is 0 Å². The summed E-state index contributed by atoms with van der Waals surface area (Å²) in [5.74, 6) is 0.759. The highest BCUT2D eigenvalue weighted by Crippen LogP contribution is 2.25. The molecule has 2 amide bonds. The fourth-order valence-electron chi connectivity index (χ4n) is 3.99. The van der Waals surface area contributed by atoms with E-state index in [4.69, 9.17) is 9.57 Å². The van der Waals surface area contributed by atoms with Gasteiger partial charge < -0.3 is 19.8 Å². The number of carbonyl (C=O) groups is 1. The summed E-state index contributed by atoms with van der Waals surface area (Å²) in [6.07, 6.45) is 0.362. The van der Waals surface area contributed by atoms with Crippen molar-refractivity contribution in [3.05, 3.63) is 95.1 Å². The van der Waals surface area contributed by atoms with Crippen molar-refractivity contribution < 1.29 is 14.4 Å². The fraction of sp³-hybridized carbons (Fsp3) is 0.259. The van der Waals surface area contributed by atoms with Gasteiger partial charge in [-0.2, -0.15) is 0 Å². The summed E-state index contributed by atoms with van der Waals surface area (Å²) >= 11 is 0. The lowest BCUT2D eigenvalue weighted by molar-refractivity contribution is 0.0608. The quantitative estimate of drug-likeness (QED) is 0.522. The van der Waals surface area contributed by atoms with Gasteiger partial charge in [0.2, 0.25) is 0 Å². The van der Waals surface area contributed by atoms with Crippen LogP contribution in [0.2, 0.25) is 0 Å². The minimum atomic E-state index is -0.238. The number of carbonyl (C=O) groups excluding carboxylic acids is 1. The lowest BCUT2D eigenvalue weighted by atomic mass is 10.0. The molecule has 1 unspecified atom stereocenters. The van der Waals surface area contributed by atoms with Crippen LogP contribution < -0.4 is 10.1 Å². The zero-order chi connectivity index (χ0) is 23.2. The largest absolute Gasteiger partial charge is 0.496 e. The SMILES string of the molecule is COc1ccccc1C1=NOC(CN(Cc2ccccc2)C(=O)Nc2ccc(C)cc2C)C1. The highest BCUT2D eigenvalue weighted by Gasteiger charge is 2.28. The van der Waals surface area contributed by atoms with Crippen molar-refractivity contribution in [1.82, 2.24) is 4.90 Å². The van der Waals surface area contributed by atoms with Crippen LogP contribution in [0.4, 0.5) is 10.5 Å². The van der Waals surface area contributed by atoms with Crippen LogP contribution in [0.25, 0.3) is 0 Å². The van der Waals surface area contributed by atoms with Crippen LogP contribution in [0.15, 0.2) is 78.0 Å². The molecule has 6 heteroatoms. The van der Waals surface area contributed by atoms with Crippen LogP contribution in [0.5, 0.6) is 5.75 Å². The van der Waals surface area contributed by atoms with Gasteiger partial charge in [0.25, 0.3) is 0 Å². The molecule has 0 fully saturated rings. The second-order valence-corrected chi connectivity index (χ2v) is 8.28. The van der Waals surface area contributed by atoms with Crippen molar-refractivity contribution in [1.29, 1.82) is 0 Å². The topological polar surface area (TPSA) is 63.2 Å². The lowest BCUT2D eigenvalue weighted by Gasteiger charge is -2.26. The zero-order valence-corrected chi connectivity index (χ0v) is 19.2. The minimum Gasteiger partial charge on any atom is -0.496 e. The van der Waals surface area contributed by atoms with Gasteiger partial charge in [0.15, 0.2) is 6.10 Å². The number of benzene rings is 3. The van der Waals surface area contributed by atoms with Gasteiger partial charge in [0, 0.05) is 24.2 Å². The van der Waals surface area contributed by atoms with Crippen molar-refractivity contribution >= 4 is 17.4 Å². The van der Waals surface area contributed by atoms with Crippen LogP contribution >= 0.6 is 0 Å². The first-order valence-corrected chi connectivity index (χ1v) is 11.1. The predicted octanol–water partition coefficient (Wildman–Crippen LogP) is 5.54. The Bertz CT molecular complexity index is 1140. The minimum absolute atomic E-state index is 0.167. The summed E-state index contributed by atoms with van der Waals surface area (Å²) in [6.45, 7) is 4.92. The Labute approximate surface area is 194 Å². The second-order valence-electron chi connectivity index (χ2n) is 8.28. The number of hydrogen-bond acceptors (Lipinski definition) is 4. The van der Waals surface area contributed by atoms with Crippen LogP contribution in [-0.2, 0) is 11.4 Å². The van der Waals surface area contributed by atoms with Crippen LogP contribution in [0.3, 0.4) is 0 Å². The summed E-state index contributed by atoms with van der Waals surface area (Å²) in [4.78, 5) is 20.8. The Morgan fingerprint density at radius 3 is 2.61 bits per heavy atom. The van der Waals surface area contributed by atoms with Gasteiger partial charge in [-0.3, -0.25) is 0 Å². The predicted molar refractivity (Wildman–Crippen MR) is 131 cm³/mol. The number of rotatable bonds is 7. The number of ether oxygens (including phenoxy) is 1. The number of anilines is 1. The van der Waals surface area contributed by atoms with Crippen LogP contribution in [0, 0.1) is 13.8 Å². The number of aryl methyl sites for hydroxylation is 2. The Hall–Kier alpha value is -3.80. The molecule has 1 N–H and O–H groups in total. The summed E-state index contributed by atoms with van der Waals surface area (Å²) in [5, 5.41) is 7.37. The molecule has 0 aromatic heterocycles. The Morgan fingerprint density at radius 1 is 1.09 bits per heavy atom. The van der Waals surface area contributed by atoms with E-state index < -0.39 is 0 Å². The summed E-state index contributed by atoms with van der Waals surface area (Å²) in [6, 6.07) is 23.5. The standard InChI is InChI=1S/C27H29N3O3/c1-19-13-14-24(20(2)15-19)28-27(31)30(17-21-9-5-4-6-10-21)18-22-16-25(29-33-22)23-11-7-8-12-26(23)32-3/h4-15,22H,16-18H2,1-3H3,(H,28,31). The molecule has 170 valence electrons. The van der Waals surface area contributed by atoms with Crippen LogP contribution in [0.1, 0.15) is 28.7 Å². The molecule has 1 aliphatic rings. The molecule has 1 heterocycles. The normalized spacial score (nSPS) is 14.9. The van der Waals surface area contributed by atoms with Crippen molar-refractivity contribution in [2.45, 2.75) is 32.9 Å². The summed E-state index contributed by atoms with van der Waals surface area (Å²) in [5.41, 5.74) is 5.79. The van der Waals surface area contributed by atoms with Gasteiger partial charge in [-0.05, 0) is 43.2 Å². The number of para-hydroxylation sites is 1. The first-order chi connectivity index (χ1) is 16.0. The lowest BCUT2D eigenvalue weighted by Crippen LogP contribution is -2.40. The van der Waals surface area contributed by atoms with Gasteiger partial charge in [-0.15, -0.1) is 0 Å². The number of hydrogen-bond donors (Lipinski definition) is 1. The molecule has 33 heavy (non-hydrogen) atoms. The number of oxime groups is 1. The molecule has 4 rings (SSSR count). The van der Waals surface area contributed by atoms with Gasteiger partial charge in [-0.1, -0.05) is 65.3 Å². The maximum atomic E-state index is 13.3. The third-order valence-electron chi connectivity index (χ3n) is 5.70. The molecule has 1 aliphatic heterocycles. The van der Waals surface area contributed by atoms with Crippen molar-refractivity contribution in [2.75, 3.05) is 19.0 Å². The van der Waals surface area contributed by atoms with E-state index in [9.17, 15) is 4.79 Å². The first kappa shape index (κ1) is 22.4. The molecule has 0 aliphatic carbocycles. The number of nitrogens with zero attached hydrogens (tertiary/aromatic N) is 2. The smallest absolute Gasteiger partial charge is 0.322 e. The van der Waals surface area contributed by atoms with E-state index in [0.717, 1.165) is 39.4 Å². The molecule has 6 nitrogen and oxygen atoms in total. The van der Waals surface area contributed by atoms with E-state index in [1.807, 2.05) is 80.6 Å². The van der Waals surface area contributed by atoms with E-state index in [1.54, 1.807) is 12.0 Å². The van der Waals surface area contributed by atoms with E-state index in [2.05, 4.69) is 16.5 Å². The Kier molecular flexibility index (Phi) is 6.93. The zero-order valence-electron chi connectivity index (χ0n) is 19.2. The average molecular weight is 444 g/mol. The fourth-order valence-corrected chi connectivity index (χ4v) is 3.99. The van der Waals surface area contributed by atoms with Gasteiger partial charge >= 0.3 is 6.03 Å². The monoisotopic (exact) mass is 443 g/mol. The third kappa shape index (κ3) is 5.52. The molecule has 0 spiro atoms. The number of amides is 2. The van der Waals surface area contributed by atoms with Crippen molar-refractivity contribution in [3.63, 3.8) is 0 Å². The highest BCUT2D eigenvalue weighted by molar-refractivity contribution is 6.03. The second kappa shape index (κ2) is 10.2. The first-order valence-electron chi connectivity index (χ1n) is 11.1. The molecule has 1 atom stereocenters. The van der Waals surface area contributed by atoms with Gasteiger partial charge in [0.1, 0.15) is 5.75 Å². The van der Waals surface area contributed by atoms with E-state index in [0.29, 0.717) is 19.5 Å². The Morgan fingerprint density at radius 2 is 1.85 bits per heavy atom. The van der Waals surface area contributed by atoms with E-state index >= 15 is 0 Å². The molecule has 0 saturated heterocycles. The van der Waals surface area contributed by atoms with Gasteiger partial charge in [-0.25, -0.2) is 4.79 Å². The highest BCUT2D eigenvalue weighted by atomic mass is 16.6. The molecule has 3 aromatic rings. The van der Waals surface area contributed by atoms with Crippen molar-refractivity contribution in [2.24, 2.45) is 5.16 Å². The summed E-state index contributed by atoms with van der Waals surface area (Å²) < 4.78 is 5.47.